The summed E-state index contributed by atoms with van der Waals surface area (Å²) in [7, 11) is 1.68. The second-order valence-electron chi connectivity index (χ2n) is 6.81. The Morgan fingerprint density at radius 3 is 2.44 bits per heavy atom. The van der Waals surface area contributed by atoms with Gasteiger partial charge in [0.1, 0.15) is 5.75 Å². The fourth-order valence-electron chi connectivity index (χ4n) is 3.60. The fourth-order valence-corrected chi connectivity index (χ4v) is 3.60. The number of fused-ring (bicyclic) bond motifs is 1. The van der Waals surface area contributed by atoms with Crippen molar-refractivity contribution in [3.05, 3.63) is 101 Å². The Kier molecular flexibility index (Phi) is 5.23. The molecule has 0 N–H and O–H groups in total. The Balaban J connectivity index is 1.65. The van der Waals surface area contributed by atoms with E-state index in [0.717, 1.165) is 30.8 Å². The van der Waals surface area contributed by atoms with Crippen LogP contribution in [0.2, 0.25) is 0 Å². The van der Waals surface area contributed by atoms with Crippen LogP contribution >= 0.6 is 0 Å². The van der Waals surface area contributed by atoms with Crippen molar-refractivity contribution in [2.75, 3.05) is 13.7 Å². The van der Waals surface area contributed by atoms with Crippen LogP contribution in [0.15, 0.2) is 78.9 Å². The maximum Gasteiger partial charge on any atom is 0.118 e. The second kappa shape index (κ2) is 8.12. The first-order valence-corrected chi connectivity index (χ1v) is 9.35. The average molecular weight is 353 g/mol. The molecule has 134 valence electrons. The third-order valence-electron chi connectivity index (χ3n) is 5.05. The molecule has 2 nitrogen and oxygen atoms in total. The summed E-state index contributed by atoms with van der Waals surface area (Å²) >= 11 is 0. The molecule has 0 aromatic heterocycles. The highest BCUT2D eigenvalue weighted by Gasteiger charge is 2.25. The summed E-state index contributed by atoms with van der Waals surface area (Å²) in [5.41, 5.74) is 5.09. The SMILES string of the molecule is COc1ccc(C#C[C@@H]2c3ccccc3CCN2Cc2ccccc2)cc1. The molecule has 0 aliphatic carbocycles. The van der Waals surface area contributed by atoms with Gasteiger partial charge in [0.05, 0.1) is 13.2 Å². The molecule has 0 radical (unpaired) electrons. The number of ether oxygens (including phenoxy) is 1. The van der Waals surface area contributed by atoms with E-state index in [4.69, 9.17) is 4.74 Å². The Hall–Kier alpha value is -3.02. The highest BCUT2D eigenvalue weighted by atomic mass is 16.5. The third-order valence-corrected chi connectivity index (χ3v) is 5.05. The molecule has 27 heavy (non-hydrogen) atoms. The Labute approximate surface area is 161 Å². The number of nitrogens with zero attached hydrogens (tertiary/aromatic N) is 1. The van der Waals surface area contributed by atoms with Crippen molar-refractivity contribution in [1.29, 1.82) is 0 Å². The lowest BCUT2D eigenvalue weighted by molar-refractivity contribution is 0.217. The number of methoxy groups -OCH3 is 1. The summed E-state index contributed by atoms with van der Waals surface area (Å²) in [6.45, 7) is 1.94. The van der Waals surface area contributed by atoms with Crippen molar-refractivity contribution in [1.82, 2.24) is 4.90 Å². The Bertz CT molecular complexity index is 951. The molecular formula is C25H23NO. The van der Waals surface area contributed by atoms with E-state index in [0.29, 0.717) is 0 Å². The van der Waals surface area contributed by atoms with Gasteiger partial charge in [-0.2, -0.15) is 0 Å². The van der Waals surface area contributed by atoms with E-state index in [-0.39, 0.29) is 6.04 Å². The Morgan fingerprint density at radius 2 is 1.67 bits per heavy atom. The molecule has 0 fully saturated rings. The van der Waals surface area contributed by atoms with Crippen LogP contribution in [0.5, 0.6) is 5.75 Å². The summed E-state index contributed by atoms with van der Waals surface area (Å²) in [4.78, 5) is 2.48. The molecule has 2 heteroatoms. The first-order chi connectivity index (χ1) is 13.3. The van der Waals surface area contributed by atoms with Gasteiger partial charge in [0.2, 0.25) is 0 Å². The van der Waals surface area contributed by atoms with Crippen LogP contribution in [0, 0.1) is 11.8 Å². The third kappa shape index (κ3) is 4.05. The normalized spacial score (nSPS) is 16.1. The minimum atomic E-state index is 0.109. The van der Waals surface area contributed by atoms with Gasteiger partial charge >= 0.3 is 0 Å². The highest BCUT2D eigenvalue weighted by Crippen LogP contribution is 2.30. The molecular weight excluding hydrogens is 330 g/mol. The zero-order valence-electron chi connectivity index (χ0n) is 15.6. The minimum absolute atomic E-state index is 0.109. The van der Waals surface area contributed by atoms with E-state index in [9.17, 15) is 0 Å². The van der Waals surface area contributed by atoms with Crippen LogP contribution < -0.4 is 4.74 Å². The standard InChI is InChI=1S/C25H23NO/c1-27-23-14-11-20(12-15-23)13-16-25-24-10-6-5-9-22(24)17-18-26(25)19-21-7-3-2-4-8-21/h2-12,14-15,25H,17-19H2,1H3/t25-/m1/s1. The minimum Gasteiger partial charge on any atom is -0.497 e. The van der Waals surface area contributed by atoms with Gasteiger partial charge in [0.15, 0.2) is 0 Å². The van der Waals surface area contributed by atoms with Gasteiger partial charge in [-0.3, -0.25) is 4.90 Å². The molecule has 0 saturated carbocycles. The lowest BCUT2D eigenvalue weighted by Gasteiger charge is -2.34. The molecule has 0 bridgehead atoms. The van der Waals surface area contributed by atoms with Crippen LogP contribution in [-0.4, -0.2) is 18.6 Å². The van der Waals surface area contributed by atoms with Gasteiger partial charge in [-0.15, -0.1) is 0 Å². The number of rotatable bonds is 3. The summed E-state index contributed by atoms with van der Waals surface area (Å²) < 4.78 is 5.24. The lowest BCUT2D eigenvalue weighted by atomic mass is 9.92. The molecule has 4 rings (SSSR count). The zero-order valence-corrected chi connectivity index (χ0v) is 15.6. The predicted octanol–water partition coefficient (Wildman–Crippen LogP) is 4.85. The largest absolute Gasteiger partial charge is 0.497 e. The van der Waals surface area contributed by atoms with Crippen LogP contribution in [0.3, 0.4) is 0 Å². The van der Waals surface area contributed by atoms with Crippen LogP contribution in [-0.2, 0) is 13.0 Å². The molecule has 3 aromatic carbocycles. The van der Waals surface area contributed by atoms with Crippen molar-refractivity contribution >= 4 is 0 Å². The van der Waals surface area contributed by atoms with E-state index in [1.807, 2.05) is 24.3 Å². The topological polar surface area (TPSA) is 12.5 Å². The van der Waals surface area contributed by atoms with Crippen LogP contribution in [0.1, 0.15) is 28.3 Å². The molecule has 0 spiro atoms. The van der Waals surface area contributed by atoms with Gasteiger partial charge < -0.3 is 4.74 Å². The van der Waals surface area contributed by atoms with Crippen LogP contribution in [0.4, 0.5) is 0 Å². The van der Waals surface area contributed by atoms with Crippen molar-refractivity contribution < 1.29 is 4.74 Å². The average Bonchev–Trinajstić information content (AvgIpc) is 2.74. The van der Waals surface area contributed by atoms with Gasteiger partial charge in [-0.05, 0) is 47.4 Å². The number of benzene rings is 3. The van der Waals surface area contributed by atoms with Crippen molar-refractivity contribution in [2.45, 2.75) is 19.0 Å². The molecule has 1 aliphatic rings. The molecule has 0 saturated heterocycles. The van der Waals surface area contributed by atoms with Gasteiger partial charge in [-0.1, -0.05) is 66.4 Å². The first-order valence-electron chi connectivity index (χ1n) is 9.35. The first kappa shape index (κ1) is 17.4. The quantitative estimate of drug-likeness (QED) is 0.624. The summed E-state index contributed by atoms with van der Waals surface area (Å²) in [6.07, 6.45) is 1.07. The van der Waals surface area contributed by atoms with Crippen molar-refractivity contribution in [3.63, 3.8) is 0 Å². The second-order valence-corrected chi connectivity index (χ2v) is 6.81. The zero-order chi connectivity index (χ0) is 18.5. The predicted molar refractivity (Wildman–Crippen MR) is 110 cm³/mol. The van der Waals surface area contributed by atoms with Crippen LogP contribution in [0.25, 0.3) is 0 Å². The van der Waals surface area contributed by atoms with Gasteiger partial charge in [0.25, 0.3) is 0 Å². The van der Waals surface area contributed by atoms with E-state index in [1.165, 1.54) is 16.7 Å². The van der Waals surface area contributed by atoms with Gasteiger partial charge in [0, 0.05) is 18.7 Å². The maximum absolute atomic E-state index is 5.24. The smallest absolute Gasteiger partial charge is 0.118 e. The molecule has 3 aromatic rings. The fraction of sp³-hybridized carbons (Fsp3) is 0.200. The summed E-state index contributed by atoms with van der Waals surface area (Å²) in [5, 5.41) is 0. The van der Waals surface area contributed by atoms with Crippen molar-refractivity contribution in [2.24, 2.45) is 0 Å². The summed E-state index contributed by atoms with van der Waals surface area (Å²) in [5.74, 6) is 7.77. The molecule has 0 amide bonds. The van der Waals surface area contributed by atoms with E-state index >= 15 is 0 Å². The monoisotopic (exact) mass is 353 g/mol. The molecule has 1 aliphatic heterocycles. The van der Waals surface area contributed by atoms with E-state index in [2.05, 4.69) is 71.3 Å². The highest BCUT2D eigenvalue weighted by molar-refractivity contribution is 5.43. The van der Waals surface area contributed by atoms with Gasteiger partial charge in [-0.25, -0.2) is 0 Å². The van der Waals surface area contributed by atoms with E-state index < -0.39 is 0 Å². The molecule has 1 heterocycles. The lowest BCUT2D eigenvalue weighted by Crippen LogP contribution is -2.34. The maximum atomic E-state index is 5.24. The molecule has 1 atom stereocenters. The molecule has 0 unspecified atom stereocenters. The Morgan fingerprint density at radius 1 is 0.926 bits per heavy atom. The van der Waals surface area contributed by atoms with E-state index in [1.54, 1.807) is 7.11 Å². The number of hydrogen-bond donors (Lipinski definition) is 0. The number of hydrogen-bond acceptors (Lipinski definition) is 2. The summed E-state index contributed by atoms with van der Waals surface area (Å²) in [6, 6.07) is 27.4. The van der Waals surface area contributed by atoms with Crippen molar-refractivity contribution in [3.8, 4) is 17.6 Å².